The van der Waals surface area contributed by atoms with Gasteiger partial charge in [0.25, 0.3) is 0 Å². The highest BCUT2D eigenvalue weighted by molar-refractivity contribution is 7.99. The number of benzene rings is 1. The number of carbonyl (C=O) groups is 1. The number of fused-ring (bicyclic) bond motifs is 2. The largest absolute Gasteiger partial charge is 0.393 e. The molecule has 3 heteroatoms. The quantitative estimate of drug-likeness (QED) is 0.560. The van der Waals surface area contributed by atoms with Gasteiger partial charge < -0.3 is 5.11 Å². The standard InChI is InChI=1S/C24H36O2S/c1-5-6-12-20(25)17(2)22(18-10-8-7-9-11-18)27-16-24-14-13-19(15-21(24)26)23(24,3)4/h7-11,17,19-20,22,25H,5-6,12-16H2,1-4H3/t17-,19?,20+,22-,24?/m1/s1. The van der Waals surface area contributed by atoms with Gasteiger partial charge in [0.1, 0.15) is 5.78 Å². The molecule has 1 aromatic carbocycles. The molecular weight excluding hydrogens is 352 g/mol. The van der Waals surface area contributed by atoms with Crippen LogP contribution in [0, 0.1) is 22.7 Å². The first kappa shape index (κ1) is 20.9. The summed E-state index contributed by atoms with van der Waals surface area (Å²) in [6, 6.07) is 10.6. The van der Waals surface area contributed by atoms with Crippen LogP contribution >= 0.6 is 11.8 Å². The Labute approximate surface area is 169 Å². The van der Waals surface area contributed by atoms with Gasteiger partial charge in [0, 0.05) is 22.8 Å². The normalized spacial score (nSPS) is 29.7. The Balaban J connectivity index is 1.79. The molecule has 5 atom stereocenters. The highest BCUT2D eigenvalue weighted by atomic mass is 32.2. The van der Waals surface area contributed by atoms with Crippen LogP contribution in [-0.2, 0) is 4.79 Å². The average molecular weight is 389 g/mol. The predicted octanol–water partition coefficient (Wildman–Crippen LogP) is 6.04. The second kappa shape index (κ2) is 8.29. The van der Waals surface area contributed by atoms with Crippen molar-refractivity contribution < 1.29 is 9.90 Å². The summed E-state index contributed by atoms with van der Waals surface area (Å²) in [5, 5.41) is 11.0. The van der Waals surface area contributed by atoms with Crippen molar-refractivity contribution >= 4 is 17.5 Å². The van der Waals surface area contributed by atoms with Crippen LogP contribution in [0.2, 0.25) is 0 Å². The zero-order valence-electron chi connectivity index (χ0n) is 17.4. The van der Waals surface area contributed by atoms with Crippen LogP contribution in [0.25, 0.3) is 0 Å². The number of ketones is 1. The zero-order valence-corrected chi connectivity index (χ0v) is 18.2. The lowest BCUT2D eigenvalue weighted by atomic mass is 9.70. The Morgan fingerprint density at radius 2 is 1.96 bits per heavy atom. The van der Waals surface area contributed by atoms with Crippen LogP contribution < -0.4 is 0 Å². The Morgan fingerprint density at radius 1 is 1.26 bits per heavy atom. The Morgan fingerprint density at radius 3 is 2.52 bits per heavy atom. The van der Waals surface area contributed by atoms with Crippen LogP contribution in [0.4, 0.5) is 0 Å². The minimum absolute atomic E-state index is 0.113. The molecule has 0 saturated heterocycles. The van der Waals surface area contributed by atoms with Crippen LogP contribution in [0.5, 0.6) is 0 Å². The first-order valence-electron chi connectivity index (χ1n) is 10.7. The fourth-order valence-electron chi connectivity index (χ4n) is 5.41. The van der Waals surface area contributed by atoms with E-state index in [2.05, 4.69) is 52.0 Å². The van der Waals surface area contributed by atoms with Gasteiger partial charge in [-0.25, -0.2) is 0 Å². The maximum atomic E-state index is 12.9. The third kappa shape index (κ3) is 3.74. The minimum Gasteiger partial charge on any atom is -0.393 e. The molecule has 2 unspecified atom stereocenters. The molecule has 0 aliphatic heterocycles. The monoisotopic (exact) mass is 388 g/mol. The molecule has 0 heterocycles. The Bertz CT molecular complexity index is 641. The van der Waals surface area contributed by atoms with Gasteiger partial charge in [-0.3, -0.25) is 4.79 Å². The summed E-state index contributed by atoms with van der Waals surface area (Å²) in [6.45, 7) is 8.98. The van der Waals surface area contributed by atoms with Crippen molar-refractivity contribution in [2.24, 2.45) is 22.7 Å². The summed E-state index contributed by atoms with van der Waals surface area (Å²) < 4.78 is 0. The lowest BCUT2D eigenvalue weighted by molar-refractivity contribution is -0.127. The number of aliphatic hydroxyl groups is 1. The van der Waals surface area contributed by atoms with E-state index in [0.717, 1.165) is 37.9 Å². The van der Waals surface area contributed by atoms with Gasteiger partial charge in [0.05, 0.1) is 6.10 Å². The van der Waals surface area contributed by atoms with E-state index in [1.165, 1.54) is 12.0 Å². The van der Waals surface area contributed by atoms with Crippen LogP contribution in [0.15, 0.2) is 30.3 Å². The number of thioether (sulfide) groups is 1. The van der Waals surface area contributed by atoms with Crippen molar-refractivity contribution in [3.05, 3.63) is 35.9 Å². The molecule has 2 saturated carbocycles. The smallest absolute Gasteiger partial charge is 0.140 e. The van der Waals surface area contributed by atoms with Gasteiger partial charge >= 0.3 is 0 Å². The first-order valence-corrected chi connectivity index (χ1v) is 11.8. The van der Waals surface area contributed by atoms with Gasteiger partial charge in [-0.05, 0) is 42.1 Å². The van der Waals surface area contributed by atoms with E-state index < -0.39 is 0 Å². The Kier molecular flexibility index (Phi) is 6.42. The predicted molar refractivity (Wildman–Crippen MR) is 115 cm³/mol. The van der Waals surface area contributed by atoms with E-state index >= 15 is 0 Å². The summed E-state index contributed by atoms with van der Waals surface area (Å²) in [7, 11) is 0. The fourth-order valence-corrected chi connectivity index (χ4v) is 7.39. The molecule has 27 heavy (non-hydrogen) atoms. The van der Waals surface area contributed by atoms with Gasteiger partial charge in [-0.15, -0.1) is 0 Å². The number of hydrogen-bond donors (Lipinski definition) is 1. The molecule has 2 fully saturated rings. The van der Waals surface area contributed by atoms with Crippen LogP contribution in [0.3, 0.4) is 0 Å². The SMILES string of the molecule is CCCC[C@H](O)[C@@H](C)[C@@H](SCC12CCC(CC1=O)C2(C)C)c1ccccc1. The number of carbonyl (C=O) groups excluding carboxylic acids is 1. The molecule has 2 bridgehead atoms. The van der Waals surface area contributed by atoms with Gasteiger partial charge in [-0.2, -0.15) is 11.8 Å². The molecule has 1 aromatic rings. The maximum absolute atomic E-state index is 12.9. The van der Waals surface area contributed by atoms with E-state index in [-0.39, 0.29) is 28.1 Å². The molecule has 3 rings (SSSR count). The second-order valence-corrected chi connectivity index (χ2v) is 10.5. The fraction of sp³-hybridized carbons (Fsp3) is 0.708. The van der Waals surface area contributed by atoms with E-state index in [0.29, 0.717) is 11.7 Å². The molecule has 0 spiro atoms. The van der Waals surface area contributed by atoms with E-state index in [1.54, 1.807) is 0 Å². The lowest BCUT2D eigenvalue weighted by Gasteiger charge is -2.38. The van der Waals surface area contributed by atoms with Crippen molar-refractivity contribution in [3.8, 4) is 0 Å². The van der Waals surface area contributed by atoms with Crippen LogP contribution in [0.1, 0.15) is 77.0 Å². The molecule has 0 radical (unpaired) electrons. The molecule has 150 valence electrons. The molecule has 2 nitrogen and oxygen atoms in total. The van der Waals surface area contributed by atoms with E-state index in [4.69, 9.17) is 0 Å². The van der Waals surface area contributed by atoms with Crippen molar-refractivity contribution in [2.45, 2.75) is 77.6 Å². The minimum atomic E-state index is -0.288. The number of aliphatic hydroxyl groups excluding tert-OH is 1. The summed E-state index contributed by atoms with van der Waals surface area (Å²) in [5.41, 5.74) is 1.23. The summed E-state index contributed by atoms with van der Waals surface area (Å²) >= 11 is 1.92. The van der Waals surface area contributed by atoms with Crippen molar-refractivity contribution in [1.82, 2.24) is 0 Å². The van der Waals surface area contributed by atoms with Gasteiger partial charge in [0.2, 0.25) is 0 Å². The molecule has 2 aliphatic rings. The zero-order chi connectivity index (χ0) is 19.7. The number of unbranched alkanes of at least 4 members (excludes halogenated alkanes) is 1. The molecular formula is C24H36O2S. The molecule has 2 aliphatic carbocycles. The average Bonchev–Trinajstić information content (AvgIpc) is 3.01. The summed E-state index contributed by atoms with van der Waals surface area (Å²) in [6.07, 6.45) is 5.77. The number of Topliss-reactive ketones (excluding diaryl/α,β-unsaturated/α-hetero) is 1. The summed E-state index contributed by atoms with van der Waals surface area (Å²) in [5.74, 6) is 2.12. The number of hydrogen-bond acceptors (Lipinski definition) is 3. The Hall–Kier alpha value is -0.800. The molecule has 0 amide bonds. The third-order valence-corrected chi connectivity index (χ3v) is 9.43. The van der Waals surface area contributed by atoms with Gasteiger partial charge in [-0.1, -0.05) is 70.9 Å². The third-order valence-electron chi connectivity index (χ3n) is 7.71. The molecule has 1 N–H and O–H groups in total. The first-order chi connectivity index (χ1) is 12.8. The number of rotatable bonds is 9. The molecule has 0 aromatic heterocycles. The van der Waals surface area contributed by atoms with Crippen molar-refractivity contribution in [2.75, 3.05) is 5.75 Å². The lowest BCUT2D eigenvalue weighted by Crippen LogP contribution is -2.39. The summed E-state index contributed by atoms with van der Waals surface area (Å²) in [4.78, 5) is 12.9. The topological polar surface area (TPSA) is 37.3 Å². The van der Waals surface area contributed by atoms with E-state index in [9.17, 15) is 9.90 Å². The highest BCUT2D eigenvalue weighted by Crippen LogP contribution is 2.65. The van der Waals surface area contributed by atoms with Crippen molar-refractivity contribution in [3.63, 3.8) is 0 Å². The second-order valence-electron chi connectivity index (χ2n) is 9.38. The van der Waals surface area contributed by atoms with Crippen molar-refractivity contribution in [1.29, 1.82) is 0 Å². The van der Waals surface area contributed by atoms with Gasteiger partial charge in [0.15, 0.2) is 0 Å². The maximum Gasteiger partial charge on any atom is 0.140 e. The van der Waals surface area contributed by atoms with Crippen LogP contribution in [-0.4, -0.2) is 22.7 Å². The van der Waals surface area contributed by atoms with E-state index in [1.807, 2.05) is 17.8 Å². The highest BCUT2D eigenvalue weighted by Gasteiger charge is 2.63.